The van der Waals surface area contributed by atoms with Gasteiger partial charge in [-0.2, -0.15) is 0 Å². The summed E-state index contributed by atoms with van der Waals surface area (Å²) in [4.78, 5) is 22.3. The lowest BCUT2D eigenvalue weighted by atomic mass is 10.0. The first-order chi connectivity index (χ1) is 6.97. The number of phenols is 1. The molecule has 0 spiro atoms. The van der Waals surface area contributed by atoms with Crippen molar-refractivity contribution in [1.82, 2.24) is 5.32 Å². The molecule has 4 N–H and O–H groups in total. The molecule has 0 fully saturated rings. The lowest BCUT2D eigenvalue weighted by Gasteiger charge is -2.07. The summed E-state index contributed by atoms with van der Waals surface area (Å²) in [6.45, 7) is 1.63. The van der Waals surface area contributed by atoms with Crippen molar-refractivity contribution in [3.63, 3.8) is 0 Å². The number of amides is 2. The maximum absolute atomic E-state index is 11.3. The highest BCUT2D eigenvalue weighted by atomic mass is 16.3. The number of carbonyl (C=O) groups excluding carboxylic acids is 2. The zero-order valence-electron chi connectivity index (χ0n) is 8.50. The summed E-state index contributed by atoms with van der Waals surface area (Å²) in [5, 5.41) is 11.8. The second-order valence-corrected chi connectivity index (χ2v) is 3.13. The second kappa shape index (κ2) is 4.00. The van der Waals surface area contributed by atoms with E-state index in [0.717, 1.165) is 0 Å². The Hall–Kier alpha value is -2.04. The average Bonchev–Trinajstić information content (AvgIpc) is 2.16. The van der Waals surface area contributed by atoms with Crippen LogP contribution in [0.25, 0.3) is 0 Å². The Labute approximate surface area is 86.9 Å². The minimum Gasteiger partial charge on any atom is -0.507 e. The van der Waals surface area contributed by atoms with Gasteiger partial charge in [-0.15, -0.1) is 0 Å². The largest absolute Gasteiger partial charge is 0.507 e. The fourth-order valence-corrected chi connectivity index (χ4v) is 1.27. The lowest BCUT2D eigenvalue weighted by Crippen LogP contribution is -2.20. The van der Waals surface area contributed by atoms with E-state index in [9.17, 15) is 14.7 Å². The predicted octanol–water partition coefficient (Wildman–Crippen LogP) is 0.159. The standard InChI is InChI=1S/C10H12N2O3/c1-5-3-8(13)7(10(15)12-2)4-6(5)9(11)14/h3-4,13H,1-2H3,(H2,11,14)(H,12,15). The van der Waals surface area contributed by atoms with Gasteiger partial charge in [0, 0.05) is 12.6 Å². The van der Waals surface area contributed by atoms with Gasteiger partial charge in [-0.25, -0.2) is 0 Å². The SMILES string of the molecule is CNC(=O)c1cc(C(N)=O)c(C)cc1O. The van der Waals surface area contributed by atoms with E-state index >= 15 is 0 Å². The minimum absolute atomic E-state index is 0.0388. The number of carbonyl (C=O) groups is 2. The predicted molar refractivity (Wildman–Crippen MR) is 54.8 cm³/mol. The third-order valence-electron chi connectivity index (χ3n) is 2.08. The molecule has 0 aliphatic carbocycles. The monoisotopic (exact) mass is 208 g/mol. The molecule has 0 heterocycles. The third kappa shape index (κ3) is 2.07. The maximum atomic E-state index is 11.3. The number of aryl methyl sites for hydroxylation is 1. The Bertz CT molecular complexity index is 427. The van der Waals surface area contributed by atoms with E-state index in [-0.39, 0.29) is 16.9 Å². The molecule has 1 rings (SSSR count). The van der Waals surface area contributed by atoms with Crippen molar-refractivity contribution in [2.75, 3.05) is 7.05 Å². The summed E-state index contributed by atoms with van der Waals surface area (Å²) >= 11 is 0. The fourth-order valence-electron chi connectivity index (χ4n) is 1.27. The molecular weight excluding hydrogens is 196 g/mol. The molecule has 0 aromatic heterocycles. The van der Waals surface area contributed by atoms with Gasteiger partial charge >= 0.3 is 0 Å². The highest BCUT2D eigenvalue weighted by molar-refractivity contribution is 6.01. The van der Waals surface area contributed by atoms with Crippen LogP contribution in [0.3, 0.4) is 0 Å². The van der Waals surface area contributed by atoms with Crippen molar-refractivity contribution in [3.05, 3.63) is 28.8 Å². The molecule has 0 radical (unpaired) electrons. The van der Waals surface area contributed by atoms with Crippen molar-refractivity contribution in [2.45, 2.75) is 6.92 Å². The Kier molecular flexibility index (Phi) is 2.94. The van der Waals surface area contributed by atoms with Crippen molar-refractivity contribution in [3.8, 4) is 5.75 Å². The summed E-state index contributed by atoms with van der Waals surface area (Å²) in [6, 6.07) is 2.62. The summed E-state index contributed by atoms with van der Waals surface area (Å²) in [6.07, 6.45) is 0. The van der Waals surface area contributed by atoms with Gasteiger partial charge in [0.1, 0.15) is 5.75 Å². The number of phenolic OH excluding ortho intramolecular Hbond substituents is 1. The third-order valence-corrected chi connectivity index (χ3v) is 2.08. The van der Waals surface area contributed by atoms with Crippen LogP contribution in [0.15, 0.2) is 12.1 Å². The number of rotatable bonds is 2. The summed E-state index contributed by atoms with van der Waals surface area (Å²) in [5.74, 6) is -1.26. The van der Waals surface area contributed by atoms with Gasteiger partial charge in [0.2, 0.25) is 5.91 Å². The van der Waals surface area contributed by atoms with Crippen LogP contribution < -0.4 is 11.1 Å². The van der Waals surface area contributed by atoms with Crippen LogP contribution in [0.1, 0.15) is 26.3 Å². The normalized spacial score (nSPS) is 9.73. The van der Waals surface area contributed by atoms with Gasteiger partial charge in [0.25, 0.3) is 5.91 Å². The molecule has 0 saturated carbocycles. The first-order valence-electron chi connectivity index (χ1n) is 4.33. The smallest absolute Gasteiger partial charge is 0.254 e. The average molecular weight is 208 g/mol. The molecular formula is C10H12N2O3. The summed E-state index contributed by atoms with van der Waals surface area (Å²) in [7, 11) is 1.44. The number of nitrogens with one attached hydrogen (secondary N) is 1. The molecule has 80 valence electrons. The lowest BCUT2D eigenvalue weighted by molar-refractivity contribution is 0.0960. The van der Waals surface area contributed by atoms with E-state index in [1.54, 1.807) is 6.92 Å². The number of hydrogen-bond donors (Lipinski definition) is 3. The zero-order chi connectivity index (χ0) is 11.6. The van der Waals surface area contributed by atoms with E-state index in [2.05, 4.69) is 5.32 Å². The second-order valence-electron chi connectivity index (χ2n) is 3.13. The number of primary amides is 1. The van der Waals surface area contributed by atoms with Crippen LogP contribution in [0.2, 0.25) is 0 Å². The number of nitrogens with two attached hydrogens (primary N) is 1. The maximum Gasteiger partial charge on any atom is 0.254 e. The molecule has 5 heteroatoms. The topological polar surface area (TPSA) is 92.4 Å². The zero-order valence-corrected chi connectivity index (χ0v) is 8.50. The van der Waals surface area contributed by atoms with Gasteiger partial charge in [-0.05, 0) is 24.6 Å². The van der Waals surface area contributed by atoms with Crippen LogP contribution in [-0.4, -0.2) is 24.0 Å². The first kappa shape index (κ1) is 11.0. The van der Waals surface area contributed by atoms with Crippen molar-refractivity contribution in [1.29, 1.82) is 0 Å². The first-order valence-corrected chi connectivity index (χ1v) is 4.33. The van der Waals surface area contributed by atoms with E-state index in [4.69, 9.17) is 5.73 Å². The van der Waals surface area contributed by atoms with E-state index < -0.39 is 11.8 Å². The molecule has 0 saturated heterocycles. The summed E-state index contributed by atoms with van der Waals surface area (Å²) < 4.78 is 0. The van der Waals surface area contributed by atoms with Crippen molar-refractivity contribution < 1.29 is 14.7 Å². The van der Waals surface area contributed by atoms with Gasteiger partial charge in [0.05, 0.1) is 5.56 Å². The molecule has 0 unspecified atom stereocenters. The van der Waals surface area contributed by atoms with Gasteiger partial charge < -0.3 is 16.2 Å². The van der Waals surface area contributed by atoms with Crippen LogP contribution in [-0.2, 0) is 0 Å². The van der Waals surface area contributed by atoms with E-state index in [1.165, 1.54) is 19.2 Å². The molecule has 0 bridgehead atoms. The molecule has 1 aromatic rings. The van der Waals surface area contributed by atoms with Crippen molar-refractivity contribution in [2.24, 2.45) is 5.73 Å². The van der Waals surface area contributed by atoms with E-state index in [0.29, 0.717) is 5.56 Å². The highest BCUT2D eigenvalue weighted by Crippen LogP contribution is 2.21. The fraction of sp³-hybridized carbons (Fsp3) is 0.200. The Morgan fingerprint density at radius 3 is 2.40 bits per heavy atom. The van der Waals surface area contributed by atoms with Gasteiger partial charge in [-0.3, -0.25) is 9.59 Å². The molecule has 1 aromatic carbocycles. The van der Waals surface area contributed by atoms with Crippen LogP contribution >= 0.6 is 0 Å². The van der Waals surface area contributed by atoms with Crippen LogP contribution in [0, 0.1) is 6.92 Å². The van der Waals surface area contributed by atoms with Gasteiger partial charge in [0.15, 0.2) is 0 Å². The molecule has 0 atom stereocenters. The van der Waals surface area contributed by atoms with Gasteiger partial charge in [-0.1, -0.05) is 0 Å². The molecule has 15 heavy (non-hydrogen) atoms. The summed E-state index contributed by atoms with van der Waals surface area (Å²) in [5.41, 5.74) is 5.92. The molecule has 5 nitrogen and oxygen atoms in total. The van der Waals surface area contributed by atoms with Crippen LogP contribution in [0.5, 0.6) is 5.75 Å². The molecule has 0 aliphatic rings. The number of hydrogen-bond acceptors (Lipinski definition) is 3. The Morgan fingerprint density at radius 1 is 1.33 bits per heavy atom. The minimum atomic E-state index is -0.627. The van der Waals surface area contributed by atoms with Crippen LogP contribution in [0.4, 0.5) is 0 Å². The molecule has 2 amide bonds. The number of aromatic hydroxyl groups is 1. The number of benzene rings is 1. The van der Waals surface area contributed by atoms with E-state index in [1.807, 2.05) is 0 Å². The quantitative estimate of drug-likeness (QED) is 0.646. The Morgan fingerprint density at radius 2 is 1.93 bits per heavy atom. The molecule has 0 aliphatic heterocycles. The van der Waals surface area contributed by atoms with Crippen molar-refractivity contribution >= 4 is 11.8 Å². The Balaban J connectivity index is 3.36. The highest BCUT2D eigenvalue weighted by Gasteiger charge is 2.14.